The lowest BCUT2D eigenvalue weighted by Crippen LogP contribution is -2.48. The van der Waals surface area contributed by atoms with E-state index in [1.165, 1.54) is 29.7 Å². The van der Waals surface area contributed by atoms with Crippen LogP contribution < -0.4 is 10.6 Å². The molecule has 8 nitrogen and oxygen atoms in total. The fraction of sp³-hybridized carbons (Fsp3) is 0.385. The third-order valence-electron chi connectivity index (χ3n) is 6.23. The van der Waals surface area contributed by atoms with E-state index in [4.69, 9.17) is 28.0 Å². The number of halogens is 11. The molecule has 0 bridgehead atoms. The Morgan fingerprint density at radius 2 is 1.38 bits per heavy atom. The fourth-order valence-corrected chi connectivity index (χ4v) is 4.68. The first kappa shape index (κ1) is 35.7. The lowest BCUT2D eigenvalue weighted by molar-refractivity contribution is -0.275. The van der Waals surface area contributed by atoms with Crippen molar-refractivity contribution < 1.29 is 58.7 Å². The van der Waals surface area contributed by atoms with Gasteiger partial charge in [-0.05, 0) is 48.4 Å². The van der Waals surface area contributed by atoms with E-state index in [0.717, 1.165) is 24.3 Å². The first-order chi connectivity index (χ1) is 20.6. The summed E-state index contributed by atoms with van der Waals surface area (Å²) >= 11 is 11.8. The monoisotopic (exact) mass is 694 g/mol. The molecule has 19 heteroatoms. The first-order valence-corrected chi connectivity index (χ1v) is 13.2. The Hall–Kier alpha value is -3.73. The Morgan fingerprint density at radius 3 is 1.82 bits per heavy atom. The van der Waals surface area contributed by atoms with E-state index >= 15 is 0 Å². The second-order valence-corrected chi connectivity index (χ2v) is 10.6. The molecule has 0 spiro atoms. The molecular formula is C26H21Cl2F9N4O4. The number of carbonyl (C=O) groups is 3. The van der Waals surface area contributed by atoms with E-state index in [9.17, 15) is 53.9 Å². The first-order valence-electron chi connectivity index (χ1n) is 12.5. The van der Waals surface area contributed by atoms with Crippen LogP contribution in [0.3, 0.4) is 0 Å². The third-order valence-corrected chi connectivity index (χ3v) is 6.67. The summed E-state index contributed by atoms with van der Waals surface area (Å²) < 4.78 is 118. The lowest BCUT2D eigenvalue weighted by Gasteiger charge is -2.29. The summed E-state index contributed by atoms with van der Waals surface area (Å²) in [7, 11) is 0. The molecule has 0 aliphatic carbocycles. The van der Waals surface area contributed by atoms with Crippen LogP contribution in [0, 0.1) is 6.92 Å². The van der Waals surface area contributed by atoms with E-state index in [1.54, 1.807) is 0 Å². The highest BCUT2D eigenvalue weighted by atomic mass is 35.5. The molecular weight excluding hydrogens is 674 g/mol. The molecule has 246 valence electrons. The third kappa shape index (κ3) is 9.39. The zero-order valence-corrected chi connectivity index (χ0v) is 24.2. The van der Waals surface area contributed by atoms with Gasteiger partial charge < -0.3 is 20.4 Å². The summed E-state index contributed by atoms with van der Waals surface area (Å²) in [6.07, 6.45) is -15.5. The molecule has 1 atom stereocenters. The van der Waals surface area contributed by atoms with Crippen LogP contribution in [-0.2, 0) is 20.0 Å². The van der Waals surface area contributed by atoms with Gasteiger partial charge in [-0.15, -0.1) is 0 Å². The molecule has 1 aliphatic rings. The number of nitrogens with zero attached hydrogens (tertiary/aromatic N) is 2. The molecule has 0 aromatic heterocycles. The van der Waals surface area contributed by atoms with E-state index in [0.29, 0.717) is 4.90 Å². The highest BCUT2D eigenvalue weighted by Gasteiger charge is 2.62. The Balaban J connectivity index is 1.87. The minimum absolute atomic E-state index is 0.0481. The quantitative estimate of drug-likeness (QED) is 0.330. The minimum atomic E-state index is -5.00. The van der Waals surface area contributed by atoms with Crippen molar-refractivity contribution in [2.24, 2.45) is 5.16 Å². The van der Waals surface area contributed by atoms with Crippen molar-refractivity contribution in [3.8, 4) is 0 Å². The Morgan fingerprint density at radius 1 is 0.867 bits per heavy atom. The van der Waals surface area contributed by atoms with E-state index in [-0.39, 0.29) is 32.4 Å². The topological polar surface area (TPSA) is 100 Å². The molecule has 2 N–H and O–H groups in total. The van der Waals surface area contributed by atoms with Crippen LogP contribution in [0.25, 0.3) is 0 Å². The van der Waals surface area contributed by atoms with Crippen LogP contribution in [0.2, 0.25) is 10.0 Å². The fourth-order valence-electron chi connectivity index (χ4n) is 4.15. The summed E-state index contributed by atoms with van der Waals surface area (Å²) in [5.41, 5.74) is -3.77. The van der Waals surface area contributed by atoms with Crippen molar-refractivity contribution in [1.29, 1.82) is 0 Å². The molecule has 1 heterocycles. The standard InChI is InChI=1S/C26H21Cl2F9N4O4/c1-13-4-14(19-8-23(45-40-19,26(35,36)37)15-5-16(27)7-17(28)6-15)2-3-18(13)22(44)41(9-20(42)38-11-24(29,30)31)10-21(43)39-12-25(32,33)34/h2-7H,8-12H2,1H3,(H,38,42)(H,39,43). The summed E-state index contributed by atoms with van der Waals surface area (Å²) in [5, 5.41) is 6.37. The van der Waals surface area contributed by atoms with Gasteiger partial charge in [-0.3, -0.25) is 14.4 Å². The van der Waals surface area contributed by atoms with Gasteiger partial charge in [-0.2, -0.15) is 39.5 Å². The Bertz CT molecular complexity index is 1440. The van der Waals surface area contributed by atoms with Gasteiger partial charge in [-0.1, -0.05) is 34.4 Å². The van der Waals surface area contributed by atoms with Crippen LogP contribution in [0.1, 0.15) is 33.5 Å². The molecule has 0 saturated carbocycles. The van der Waals surface area contributed by atoms with Gasteiger partial charge in [0.1, 0.15) is 26.2 Å². The van der Waals surface area contributed by atoms with Gasteiger partial charge >= 0.3 is 18.5 Å². The van der Waals surface area contributed by atoms with Gasteiger partial charge in [-0.25, -0.2) is 0 Å². The number of benzene rings is 2. The van der Waals surface area contributed by atoms with E-state index in [1.807, 2.05) is 0 Å². The molecule has 45 heavy (non-hydrogen) atoms. The molecule has 0 saturated heterocycles. The smallest absolute Gasteiger partial charge is 0.374 e. The Labute approximate surface area is 258 Å². The number of alkyl halides is 9. The number of hydrogen-bond donors (Lipinski definition) is 2. The molecule has 2 aromatic rings. The molecule has 0 fully saturated rings. The van der Waals surface area contributed by atoms with Crippen molar-refractivity contribution >= 4 is 46.6 Å². The number of nitrogens with one attached hydrogen (secondary N) is 2. The average molecular weight is 695 g/mol. The minimum Gasteiger partial charge on any atom is -0.374 e. The molecule has 2 aromatic carbocycles. The molecule has 0 radical (unpaired) electrons. The molecule has 3 amide bonds. The Kier molecular flexibility index (Phi) is 10.6. The van der Waals surface area contributed by atoms with Crippen molar-refractivity contribution in [1.82, 2.24) is 15.5 Å². The maximum atomic E-state index is 14.3. The summed E-state index contributed by atoms with van der Waals surface area (Å²) in [6.45, 7) is -4.55. The number of oxime groups is 1. The second kappa shape index (κ2) is 13.3. The zero-order valence-electron chi connectivity index (χ0n) is 22.7. The summed E-state index contributed by atoms with van der Waals surface area (Å²) in [6, 6.07) is 6.70. The molecule has 1 aliphatic heterocycles. The van der Waals surface area contributed by atoms with Crippen LogP contribution in [0.4, 0.5) is 39.5 Å². The van der Waals surface area contributed by atoms with E-state index in [2.05, 4.69) is 5.16 Å². The van der Waals surface area contributed by atoms with Crippen LogP contribution in [0.15, 0.2) is 41.6 Å². The average Bonchev–Trinajstić information content (AvgIpc) is 3.36. The lowest BCUT2D eigenvalue weighted by atomic mass is 9.86. The maximum absolute atomic E-state index is 14.3. The SMILES string of the molecule is Cc1cc(C2=NOC(c3cc(Cl)cc(Cl)c3)(C(F)(F)F)C2)ccc1C(=O)N(CC(=O)NCC(F)(F)F)CC(=O)NCC(F)(F)F. The molecule has 3 rings (SSSR count). The van der Waals surface area contributed by atoms with Gasteiger partial charge in [0.25, 0.3) is 11.5 Å². The highest BCUT2D eigenvalue weighted by molar-refractivity contribution is 6.34. The van der Waals surface area contributed by atoms with E-state index < -0.39 is 80.0 Å². The van der Waals surface area contributed by atoms with Crippen molar-refractivity contribution in [2.75, 3.05) is 26.2 Å². The highest BCUT2D eigenvalue weighted by Crippen LogP contribution is 2.49. The largest absolute Gasteiger partial charge is 0.435 e. The van der Waals surface area contributed by atoms with Gasteiger partial charge in [0.2, 0.25) is 11.8 Å². The van der Waals surface area contributed by atoms with Gasteiger partial charge in [0.15, 0.2) is 0 Å². The number of hydrogen-bond acceptors (Lipinski definition) is 5. The second-order valence-electron chi connectivity index (χ2n) is 9.76. The zero-order chi connectivity index (χ0) is 34.0. The predicted octanol–water partition coefficient (Wildman–Crippen LogP) is 5.68. The summed E-state index contributed by atoms with van der Waals surface area (Å²) in [5.74, 6) is -3.90. The van der Waals surface area contributed by atoms with Crippen molar-refractivity contribution in [3.05, 3.63) is 68.7 Å². The van der Waals surface area contributed by atoms with Crippen LogP contribution in [0.5, 0.6) is 0 Å². The number of carbonyl (C=O) groups excluding carboxylic acids is 3. The molecule has 1 unspecified atom stereocenters. The predicted molar refractivity (Wildman–Crippen MR) is 142 cm³/mol. The number of aryl methyl sites for hydroxylation is 1. The van der Waals surface area contributed by atoms with Crippen molar-refractivity contribution in [2.45, 2.75) is 37.5 Å². The van der Waals surface area contributed by atoms with Crippen LogP contribution >= 0.6 is 23.2 Å². The number of rotatable bonds is 9. The number of amides is 3. The normalized spacial score (nSPS) is 16.9. The van der Waals surface area contributed by atoms with Crippen LogP contribution in [-0.4, -0.2) is 73.0 Å². The van der Waals surface area contributed by atoms with Crippen molar-refractivity contribution in [3.63, 3.8) is 0 Å². The van der Waals surface area contributed by atoms with Gasteiger partial charge in [0.05, 0.1) is 5.71 Å². The summed E-state index contributed by atoms with van der Waals surface area (Å²) in [4.78, 5) is 42.8. The van der Waals surface area contributed by atoms with Gasteiger partial charge in [0, 0.05) is 27.6 Å². The maximum Gasteiger partial charge on any atom is 0.435 e.